The second kappa shape index (κ2) is 5.79. The zero-order chi connectivity index (χ0) is 21.6. The van der Waals surface area contributed by atoms with Crippen LogP contribution in [0.1, 0.15) is 55.5 Å². The van der Waals surface area contributed by atoms with Gasteiger partial charge in [-0.2, -0.15) is 0 Å². The fourth-order valence-electron chi connectivity index (χ4n) is 6.09. The van der Waals surface area contributed by atoms with Crippen LogP contribution in [-0.2, 0) is 17.3 Å². The highest BCUT2D eigenvalue weighted by Gasteiger charge is 2.53. The number of fused-ring (bicyclic) bond motifs is 6. The molecule has 0 heterocycles. The largest absolute Gasteiger partial charge is 0.508 e. The summed E-state index contributed by atoms with van der Waals surface area (Å²) in [6.45, 7) is 9.31. The van der Waals surface area contributed by atoms with Gasteiger partial charge in [0.1, 0.15) is 5.75 Å². The van der Waals surface area contributed by atoms with Crippen LogP contribution in [0, 0.1) is 5.41 Å². The number of hydrogen-bond donors (Lipinski definition) is 1. The molecule has 4 bridgehead atoms. The molecule has 154 valence electrons. The van der Waals surface area contributed by atoms with Crippen LogP contribution in [0.3, 0.4) is 0 Å². The average molecular weight is 405 g/mol. The average Bonchev–Trinajstić information content (AvgIpc) is 3.31. The lowest BCUT2D eigenvalue weighted by atomic mass is 9.59. The third-order valence-corrected chi connectivity index (χ3v) is 8.48. The first-order valence-electron chi connectivity index (χ1n) is 11.3. The van der Waals surface area contributed by atoms with E-state index in [0.29, 0.717) is 5.75 Å². The van der Waals surface area contributed by atoms with Crippen molar-refractivity contribution in [3.05, 3.63) is 112 Å². The molecule has 3 aromatic rings. The number of phenols is 1. The Balaban J connectivity index is 1.82. The van der Waals surface area contributed by atoms with E-state index in [1.54, 1.807) is 0 Å². The van der Waals surface area contributed by atoms with E-state index in [-0.39, 0.29) is 16.2 Å². The molecule has 0 aromatic heterocycles. The summed E-state index contributed by atoms with van der Waals surface area (Å²) in [4.78, 5) is 0. The van der Waals surface area contributed by atoms with E-state index < -0.39 is 0 Å². The zero-order valence-corrected chi connectivity index (χ0v) is 18.7. The number of benzene rings is 3. The normalized spacial score (nSPS) is 26.3. The molecule has 0 spiro atoms. The molecule has 1 heteroatoms. The topological polar surface area (TPSA) is 20.2 Å². The second-order valence-electron chi connectivity index (χ2n) is 10.1. The predicted octanol–water partition coefficient (Wildman–Crippen LogP) is 7.06. The maximum atomic E-state index is 10.1. The lowest BCUT2D eigenvalue weighted by Crippen LogP contribution is -2.38. The van der Waals surface area contributed by atoms with Crippen molar-refractivity contribution < 1.29 is 5.11 Å². The Labute approximate surface area is 184 Å². The number of hydrogen-bond acceptors (Lipinski definition) is 1. The summed E-state index contributed by atoms with van der Waals surface area (Å²) in [5.41, 5.74) is 10.3. The lowest BCUT2D eigenvalue weighted by molar-refractivity contribution is 0.310. The van der Waals surface area contributed by atoms with Crippen molar-refractivity contribution >= 4 is 0 Å². The molecule has 31 heavy (non-hydrogen) atoms. The molecule has 0 saturated heterocycles. The minimum Gasteiger partial charge on any atom is -0.508 e. The first-order valence-corrected chi connectivity index (χ1v) is 11.3. The fraction of sp³-hybridized carbons (Fsp3) is 0.267. The van der Waals surface area contributed by atoms with Crippen molar-refractivity contribution in [2.45, 2.75) is 44.9 Å². The SMILES string of the molecule is CCc1ccc2c(c1)C1(c3ccc(O)cc3)C3=CC(C)(C=C3)C(C)(C)c3ccc-2c1c3. The summed E-state index contributed by atoms with van der Waals surface area (Å²) in [6, 6.07) is 22.0. The molecule has 6 rings (SSSR count). The Kier molecular flexibility index (Phi) is 3.49. The molecule has 0 amide bonds. The van der Waals surface area contributed by atoms with Crippen molar-refractivity contribution in [2.24, 2.45) is 5.41 Å². The Hall–Kier alpha value is -3.06. The number of allylic oxidation sites excluding steroid dienone is 4. The minimum absolute atomic E-state index is 0.00918. The molecular formula is C30H28O. The third-order valence-electron chi connectivity index (χ3n) is 8.48. The molecule has 0 saturated carbocycles. The monoisotopic (exact) mass is 404 g/mol. The highest BCUT2D eigenvalue weighted by atomic mass is 16.3. The summed E-state index contributed by atoms with van der Waals surface area (Å²) in [5.74, 6) is 0.308. The van der Waals surface area contributed by atoms with Gasteiger partial charge in [-0.3, -0.25) is 0 Å². The van der Waals surface area contributed by atoms with Crippen molar-refractivity contribution in [3.8, 4) is 16.9 Å². The lowest BCUT2D eigenvalue weighted by Gasteiger charge is -2.43. The van der Waals surface area contributed by atoms with E-state index in [1.807, 2.05) is 12.1 Å². The van der Waals surface area contributed by atoms with E-state index in [2.05, 4.69) is 94.5 Å². The summed E-state index contributed by atoms with van der Waals surface area (Å²) >= 11 is 0. The van der Waals surface area contributed by atoms with Gasteiger partial charge in [0, 0.05) is 10.8 Å². The van der Waals surface area contributed by atoms with Crippen LogP contribution in [0.2, 0.25) is 0 Å². The van der Waals surface area contributed by atoms with Gasteiger partial charge in [-0.1, -0.05) is 94.5 Å². The van der Waals surface area contributed by atoms with E-state index in [0.717, 1.165) is 6.42 Å². The highest BCUT2D eigenvalue weighted by Crippen LogP contribution is 2.62. The van der Waals surface area contributed by atoms with Gasteiger partial charge in [-0.25, -0.2) is 0 Å². The van der Waals surface area contributed by atoms with Gasteiger partial charge in [-0.15, -0.1) is 0 Å². The van der Waals surface area contributed by atoms with Gasteiger partial charge in [0.25, 0.3) is 0 Å². The number of phenolic OH excluding ortho intramolecular Hbond substituents is 1. The van der Waals surface area contributed by atoms with Gasteiger partial charge < -0.3 is 5.11 Å². The third kappa shape index (κ3) is 2.12. The van der Waals surface area contributed by atoms with E-state index >= 15 is 0 Å². The quantitative estimate of drug-likeness (QED) is 0.484. The maximum absolute atomic E-state index is 10.1. The van der Waals surface area contributed by atoms with Crippen molar-refractivity contribution in [1.29, 1.82) is 0 Å². The van der Waals surface area contributed by atoms with Gasteiger partial charge in [-0.05, 0) is 63.1 Å². The van der Waals surface area contributed by atoms with E-state index in [4.69, 9.17) is 0 Å². The van der Waals surface area contributed by atoms with Crippen LogP contribution >= 0.6 is 0 Å². The molecule has 1 nitrogen and oxygen atoms in total. The molecule has 3 aliphatic rings. The Morgan fingerprint density at radius 1 is 0.774 bits per heavy atom. The molecule has 2 unspecified atom stereocenters. The standard InChI is InChI=1S/C30H28O/c1-5-19-6-12-24-25-13-9-21-17-27(25)30(26(24)16-19,20-7-10-23(31)11-8-20)22-14-15-29(4,18-22)28(21,2)3/h6-18,31H,5H2,1-4H3. The van der Waals surface area contributed by atoms with Gasteiger partial charge in [0.15, 0.2) is 0 Å². The Morgan fingerprint density at radius 3 is 2.13 bits per heavy atom. The smallest absolute Gasteiger partial charge is 0.115 e. The molecule has 0 radical (unpaired) electrons. The first kappa shape index (κ1) is 18.7. The van der Waals surface area contributed by atoms with Crippen molar-refractivity contribution in [1.82, 2.24) is 0 Å². The van der Waals surface area contributed by atoms with Crippen LogP contribution in [0.5, 0.6) is 5.75 Å². The summed E-state index contributed by atoms with van der Waals surface area (Å²) in [7, 11) is 0. The molecule has 2 atom stereocenters. The maximum Gasteiger partial charge on any atom is 0.115 e. The van der Waals surface area contributed by atoms with E-state index in [1.165, 1.54) is 44.5 Å². The van der Waals surface area contributed by atoms with Crippen LogP contribution in [0.4, 0.5) is 0 Å². The Bertz CT molecular complexity index is 1300. The van der Waals surface area contributed by atoms with Gasteiger partial charge in [0.05, 0.1) is 5.41 Å². The van der Waals surface area contributed by atoms with E-state index in [9.17, 15) is 5.11 Å². The Morgan fingerprint density at radius 2 is 1.42 bits per heavy atom. The van der Waals surface area contributed by atoms with Crippen LogP contribution < -0.4 is 0 Å². The molecule has 1 N–H and O–H groups in total. The van der Waals surface area contributed by atoms with Crippen molar-refractivity contribution in [2.75, 3.05) is 0 Å². The first-order chi connectivity index (χ1) is 14.8. The summed E-state index contributed by atoms with van der Waals surface area (Å²) in [5, 5.41) is 10.1. The number of aryl methyl sites for hydroxylation is 1. The van der Waals surface area contributed by atoms with Gasteiger partial charge >= 0.3 is 0 Å². The fourth-order valence-corrected chi connectivity index (χ4v) is 6.09. The number of rotatable bonds is 2. The second-order valence-corrected chi connectivity index (χ2v) is 10.1. The van der Waals surface area contributed by atoms with Crippen LogP contribution in [-0.4, -0.2) is 5.11 Å². The summed E-state index contributed by atoms with van der Waals surface area (Å²) < 4.78 is 0. The van der Waals surface area contributed by atoms with Gasteiger partial charge in [0.2, 0.25) is 0 Å². The molecule has 3 aromatic carbocycles. The molecular weight excluding hydrogens is 376 g/mol. The molecule has 0 fully saturated rings. The summed E-state index contributed by atoms with van der Waals surface area (Å²) in [6.07, 6.45) is 8.29. The van der Waals surface area contributed by atoms with Crippen molar-refractivity contribution in [3.63, 3.8) is 0 Å². The highest BCUT2D eigenvalue weighted by molar-refractivity contribution is 5.88. The van der Waals surface area contributed by atoms with Crippen LogP contribution in [0.15, 0.2) is 84.5 Å². The zero-order valence-electron chi connectivity index (χ0n) is 18.7. The minimum atomic E-state index is -0.357. The molecule has 0 aliphatic heterocycles. The molecule has 3 aliphatic carbocycles. The van der Waals surface area contributed by atoms with Crippen LogP contribution in [0.25, 0.3) is 11.1 Å². The number of aromatic hydroxyl groups is 1. The predicted molar refractivity (Wildman–Crippen MR) is 128 cm³/mol.